The van der Waals surface area contributed by atoms with Crippen molar-refractivity contribution in [3.05, 3.63) is 29.8 Å². The smallest absolute Gasteiger partial charge is 0.305 e. The summed E-state index contributed by atoms with van der Waals surface area (Å²) in [4.78, 5) is 23.1. The Hall–Kier alpha value is -2.04. The van der Waals surface area contributed by atoms with Crippen LogP contribution in [0.25, 0.3) is 0 Å². The van der Waals surface area contributed by atoms with Crippen LogP contribution >= 0.6 is 0 Å². The number of aliphatic carboxylic acids is 1. The second-order valence-corrected chi connectivity index (χ2v) is 4.99. The van der Waals surface area contributed by atoms with Crippen molar-refractivity contribution >= 4 is 11.9 Å². The molecule has 0 aliphatic carbocycles. The van der Waals surface area contributed by atoms with E-state index in [1.807, 2.05) is 31.2 Å². The van der Waals surface area contributed by atoms with Gasteiger partial charge in [0.25, 0.3) is 0 Å². The van der Waals surface area contributed by atoms with Crippen molar-refractivity contribution in [3.8, 4) is 5.75 Å². The van der Waals surface area contributed by atoms with Crippen molar-refractivity contribution in [1.82, 2.24) is 5.32 Å². The Morgan fingerprint density at radius 3 is 2.90 bits per heavy atom. The molecule has 1 aliphatic heterocycles. The van der Waals surface area contributed by atoms with Gasteiger partial charge in [-0.3, -0.25) is 9.59 Å². The van der Waals surface area contributed by atoms with Gasteiger partial charge in [0.1, 0.15) is 18.3 Å². The summed E-state index contributed by atoms with van der Waals surface area (Å²) in [6.07, 6.45) is 1.44. The number of rotatable bonds is 6. The number of carbonyl (C=O) groups excluding carboxylic acids is 1. The molecule has 0 saturated heterocycles. The molecule has 5 heteroatoms. The number of carboxylic acid groups (broad SMARTS) is 1. The van der Waals surface area contributed by atoms with Gasteiger partial charge < -0.3 is 15.2 Å². The minimum atomic E-state index is -0.896. The minimum absolute atomic E-state index is 0.0468. The van der Waals surface area contributed by atoms with E-state index in [1.165, 1.54) is 0 Å². The third-order valence-electron chi connectivity index (χ3n) is 3.42. The molecule has 0 spiro atoms. The molecule has 0 radical (unpaired) electrons. The standard InChI is InChI=1S/C15H19NO4/c1-2-5-10(8-14(17)18)16-15(19)12-9-20-13-7-4-3-6-11(12)13/h3-4,6-7,10,12H,2,5,8-9H2,1H3,(H,16,19)(H,17,18). The summed E-state index contributed by atoms with van der Waals surface area (Å²) < 4.78 is 5.48. The van der Waals surface area contributed by atoms with E-state index in [0.717, 1.165) is 17.7 Å². The lowest BCUT2D eigenvalue weighted by atomic mass is 9.99. The summed E-state index contributed by atoms with van der Waals surface area (Å²) in [6, 6.07) is 7.12. The first kappa shape index (κ1) is 14.4. The third kappa shape index (κ3) is 3.29. The lowest BCUT2D eigenvalue weighted by molar-refractivity contribution is -0.137. The van der Waals surface area contributed by atoms with E-state index in [2.05, 4.69) is 5.32 Å². The molecule has 2 rings (SSSR count). The SMILES string of the molecule is CCCC(CC(=O)O)NC(=O)C1COc2ccccc21. The summed E-state index contributed by atoms with van der Waals surface area (Å²) in [6.45, 7) is 2.28. The fraction of sp³-hybridized carbons (Fsp3) is 0.467. The first-order valence-corrected chi connectivity index (χ1v) is 6.85. The summed E-state index contributed by atoms with van der Waals surface area (Å²) >= 11 is 0. The molecule has 1 aliphatic rings. The Labute approximate surface area is 117 Å². The fourth-order valence-corrected chi connectivity index (χ4v) is 2.47. The molecule has 5 nitrogen and oxygen atoms in total. The van der Waals surface area contributed by atoms with Crippen molar-refractivity contribution in [2.24, 2.45) is 0 Å². The average Bonchev–Trinajstić information content (AvgIpc) is 2.82. The van der Waals surface area contributed by atoms with E-state index in [9.17, 15) is 9.59 Å². The largest absolute Gasteiger partial charge is 0.492 e. The molecule has 108 valence electrons. The van der Waals surface area contributed by atoms with Crippen LogP contribution in [0.2, 0.25) is 0 Å². The van der Waals surface area contributed by atoms with Crippen molar-refractivity contribution in [3.63, 3.8) is 0 Å². The second-order valence-electron chi connectivity index (χ2n) is 4.99. The van der Waals surface area contributed by atoms with Crippen LogP contribution in [-0.2, 0) is 9.59 Å². The Bertz CT molecular complexity index is 500. The quantitative estimate of drug-likeness (QED) is 0.833. The predicted molar refractivity (Wildman–Crippen MR) is 73.8 cm³/mol. The lowest BCUT2D eigenvalue weighted by Crippen LogP contribution is -2.39. The molecule has 20 heavy (non-hydrogen) atoms. The molecule has 1 amide bonds. The number of hydrogen-bond donors (Lipinski definition) is 2. The highest BCUT2D eigenvalue weighted by Crippen LogP contribution is 2.33. The Kier molecular flexibility index (Phi) is 4.61. The van der Waals surface area contributed by atoms with Crippen molar-refractivity contribution in [1.29, 1.82) is 0 Å². The molecule has 1 aromatic rings. The topological polar surface area (TPSA) is 75.6 Å². The minimum Gasteiger partial charge on any atom is -0.492 e. The number of carboxylic acids is 1. The van der Waals surface area contributed by atoms with E-state index in [-0.39, 0.29) is 24.3 Å². The fourth-order valence-electron chi connectivity index (χ4n) is 2.47. The van der Waals surface area contributed by atoms with Crippen molar-refractivity contribution in [2.45, 2.75) is 38.1 Å². The van der Waals surface area contributed by atoms with Gasteiger partial charge >= 0.3 is 5.97 Å². The monoisotopic (exact) mass is 277 g/mol. The zero-order valence-electron chi connectivity index (χ0n) is 11.5. The summed E-state index contributed by atoms with van der Waals surface area (Å²) in [5.41, 5.74) is 0.871. The average molecular weight is 277 g/mol. The van der Waals surface area contributed by atoms with Crippen LogP contribution < -0.4 is 10.1 Å². The molecule has 2 atom stereocenters. The first-order chi connectivity index (χ1) is 9.61. The maximum atomic E-state index is 12.3. The Balaban J connectivity index is 2.03. The number of hydrogen-bond acceptors (Lipinski definition) is 3. The number of para-hydroxylation sites is 1. The lowest BCUT2D eigenvalue weighted by Gasteiger charge is -2.18. The van der Waals surface area contributed by atoms with Gasteiger partial charge in [0.15, 0.2) is 0 Å². The molecule has 0 aromatic heterocycles. The van der Waals surface area contributed by atoms with Gasteiger partial charge in [0, 0.05) is 11.6 Å². The van der Waals surface area contributed by atoms with Gasteiger partial charge in [-0.2, -0.15) is 0 Å². The van der Waals surface area contributed by atoms with Crippen LogP contribution in [0.3, 0.4) is 0 Å². The summed E-state index contributed by atoms with van der Waals surface area (Å²) in [5, 5.41) is 11.7. The molecule has 2 unspecified atom stereocenters. The van der Waals surface area contributed by atoms with E-state index < -0.39 is 5.97 Å². The van der Waals surface area contributed by atoms with Crippen LogP contribution in [0, 0.1) is 0 Å². The van der Waals surface area contributed by atoms with E-state index in [0.29, 0.717) is 13.0 Å². The summed E-state index contributed by atoms with van der Waals surface area (Å²) in [5.74, 6) is -0.668. The van der Waals surface area contributed by atoms with Crippen LogP contribution in [0.15, 0.2) is 24.3 Å². The highest BCUT2D eigenvalue weighted by molar-refractivity contribution is 5.86. The number of ether oxygens (including phenoxy) is 1. The number of fused-ring (bicyclic) bond motifs is 1. The summed E-state index contributed by atoms with van der Waals surface area (Å²) in [7, 11) is 0. The Morgan fingerprint density at radius 1 is 1.45 bits per heavy atom. The normalized spacial score (nSPS) is 17.9. The highest BCUT2D eigenvalue weighted by Gasteiger charge is 2.31. The molecule has 2 N–H and O–H groups in total. The van der Waals surface area contributed by atoms with E-state index >= 15 is 0 Å². The van der Waals surface area contributed by atoms with Gasteiger partial charge in [-0.1, -0.05) is 31.5 Å². The predicted octanol–water partition coefficient (Wildman–Crippen LogP) is 1.92. The number of benzene rings is 1. The van der Waals surface area contributed by atoms with Crippen molar-refractivity contribution in [2.75, 3.05) is 6.61 Å². The molecule has 1 aromatic carbocycles. The molecule has 1 heterocycles. The maximum absolute atomic E-state index is 12.3. The van der Waals surface area contributed by atoms with E-state index in [1.54, 1.807) is 0 Å². The zero-order chi connectivity index (χ0) is 14.5. The zero-order valence-corrected chi connectivity index (χ0v) is 11.5. The molecular formula is C15H19NO4. The highest BCUT2D eigenvalue weighted by atomic mass is 16.5. The third-order valence-corrected chi connectivity index (χ3v) is 3.42. The maximum Gasteiger partial charge on any atom is 0.305 e. The number of amides is 1. The van der Waals surface area contributed by atoms with Gasteiger partial charge in [-0.15, -0.1) is 0 Å². The number of nitrogens with one attached hydrogen (secondary N) is 1. The van der Waals surface area contributed by atoms with Gasteiger partial charge in [-0.25, -0.2) is 0 Å². The first-order valence-electron chi connectivity index (χ1n) is 6.85. The molecule has 0 saturated carbocycles. The van der Waals surface area contributed by atoms with Crippen LogP contribution in [0.4, 0.5) is 0 Å². The van der Waals surface area contributed by atoms with Gasteiger partial charge in [0.05, 0.1) is 6.42 Å². The number of carbonyl (C=O) groups is 2. The second kappa shape index (κ2) is 6.41. The molecular weight excluding hydrogens is 258 g/mol. The van der Waals surface area contributed by atoms with Crippen LogP contribution in [-0.4, -0.2) is 29.6 Å². The Morgan fingerprint density at radius 2 is 2.20 bits per heavy atom. The van der Waals surface area contributed by atoms with E-state index in [4.69, 9.17) is 9.84 Å². The van der Waals surface area contributed by atoms with Gasteiger partial charge in [0.2, 0.25) is 5.91 Å². The molecule has 0 bridgehead atoms. The molecule has 0 fully saturated rings. The van der Waals surface area contributed by atoms with Crippen LogP contribution in [0.1, 0.15) is 37.7 Å². The van der Waals surface area contributed by atoms with Crippen LogP contribution in [0.5, 0.6) is 5.75 Å². The van der Waals surface area contributed by atoms with Crippen molar-refractivity contribution < 1.29 is 19.4 Å². The van der Waals surface area contributed by atoms with Gasteiger partial charge in [-0.05, 0) is 12.5 Å².